The lowest BCUT2D eigenvalue weighted by atomic mass is 10.1. The van der Waals surface area contributed by atoms with Crippen molar-refractivity contribution in [1.29, 1.82) is 0 Å². The van der Waals surface area contributed by atoms with E-state index in [9.17, 15) is 38.5 Å². The molecule has 6 N–H and O–H groups in total. The maximum atomic E-state index is 11.8. The Morgan fingerprint density at radius 1 is 1.21 bits per heavy atom. The van der Waals surface area contributed by atoms with Crippen LogP contribution in [0.4, 0.5) is 5.82 Å². The van der Waals surface area contributed by atoms with Crippen LogP contribution < -0.4 is 21.2 Å². The highest BCUT2D eigenvalue weighted by Crippen LogP contribution is 2.61. The summed E-state index contributed by atoms with van der Waals surface area (Å²) in [6.45, 7) is -0.984. The Kier molecular flexibility index (Phi) is 7.23. The molecule has 0 aromatic carbocycles. The molecule has 1 aromatic rings. The van der Waals surface area contributed by atoms with Gasteiger partial charge in [-0.15, -0.1) is 0 Å². The molecule has 1 aliphatic rings. The number of ether oxygens (including phenoxy) is 1. The van der Waals surface area contributed by atoms with E-state index in [4.69, 9.17) is 20.3 Å². The molecular weight excluding hydrogens is 463 g/mol. The zero-order chi connectivity index (χ0) is 22.2. The summed E-state index contributed by atoms with van der Waals surface area (Å²) in [5.74, 6) is -2.01. The Bertz CT molecular complexity index is 946. The van der Waals surface area contributed by atoms with Crippen LogP contribution in [0, 0.1) is 0 Å². The first-order valence-electron chi connectivity index (χ1n) is 7.48. The van der Waals surface area contributed by atoms with Crippen LogP contribution in [0.3, 0.4) is 0 Å². The number of phosphoric acid groups is 1. The highest BCUT2D eigenvalue weighted by Gasteiger charge is 2.44. The van der Waals surface area contributed by atoms with E-state index in [2.05, 4.69) is 13.8 Å². The predicted octanol–water partition coefficient (Wildman–Crippen LogP) is -3.37. The monoisotopic (exact) mass is 479 g/mol. The molecule has 3 unspecified atom stereocenters. The maximum absolute atomic E-state index is 11.8. The van der Waals surface area contributed by atoms with Gasteiger partial charge >= 0.3 is 13.5 Å². The summed E-state index contributed by atoms with van der Waals surface area (Å²) in [5.41, 5.74) is 4.40. The third-order valence-electron chi connectivity index (χ3n) is 3.48. The first-order valence-corrected chi connectivity index (χ1v) is 12.5. The summed E-state index contributed by atoms with van der Waals surface area (Å²) >= 11 is 0. The molecule has 1 aliphatic heterocycles. The highest BCUT2D eigenvalue weighted by atomic mass is 31.3. The molecule has 2 heterocycles. The lowest BCUT2D eigenvalue weighted by Crippen LogP contribution is -2.36. The van der Waals surface area contributed by atoms with Crippen molar-refractivity contribution in [2.24, 2.45) is 0 Å². The SMILES string of the molecule is Nc1ccn([C@@H]2O[C@H](COP(=O)([O-])CP(=O)([O-])OP(=O)(O)O)[C@H](O)C2O)c(=O)n1. The van der Waals surface area contributed by atoms with Gasteiger partial charge in [-0.25, -0.2) is 13.7 Å². The van der Waals surface area contributed by atoms with Gasteiger partial charge in [0.1, 0.15) is 31.7 Å². The Morgan fingerprint density at radius 3 is 2.38 bits per heavy atom. The number of nitrogen functional groups attached to an aromatic ring is 1. The Hall–Kier alpha value is -0.990. The first-order chi connectivity index (χ1) is 13.1. The zero-order valence-corrected chi connectivity index (χ0v) is 16.8. The Balaban J connectivity index is 2.05. The zero-order valence-electron chi connectivity index (χ0n) is 14.2. The maximum Gasteiger partial charge on any atom is 0.474 e. The molecule has 0 aliphatic carbocycles. The molecular formula is C10H16N3O13P3-2. The van der Waals surface area contributed by atoms with Gasteiger partial charge in [-0.2, -0.15) is 4.98 Å². The number of aliphatic hydroxyl groups excluding tert-OH is 2. The average molecular weight is 479 g/mol. The van der Waals surface area contributed by atoms with Crippen molar-refractivity contribution in [1.82, 2.24) is 9.55 Å². The van der Waals surface area contributed by atoms with Crippen LogP contribution >= 0.6 is 23.0 Å². The van der Waals surface area contributed by atoms with E-state index < -0.39 is 65.8 Å². The Labute approximate surface area is 161 Å². The van der Waals surface area contributed by atoms with E-state index in [-0.39, 0.29) is 5.82 Å². The molecule has 0 amide bonds. The minimum atomic E-state index is -5.53. The number of nitrogens with two attached hydrogens (primary N) is 1. The third-order valence-corrected chi connectivity index (χ3v) is 8.64. The van der Waals surface area contributed by atoms with Crippen LogP contribution in [-0.4, -0.2) is 60.4 Å². The second-order valence-electron chi connectivity index (χ2n) is 5.82. The molecule has 166 valence electrons. The van der Waals surface area contributed by atoms with Crippen LogP contribution in [0.2, 0.25) is 0 Å². The lowest BCUT2D eigenvalue weighted by molar-refractivity contribution is -0.206. The van der Waals surface area contributed by atoms with Gasteiger partial charge < -0.3 is 53.9 Å². The molecule has 1 fully saturated rings. The molecule has 29 heavy (non-hydrogen) atoms. The topological polar surface area (TPSA) is 267 Å². The summed E-state index contributed by atoms with van der Waals surface area (Å²) in [7, 11) is -16.3. The molecule has 16 nitrogen and oxygen atoms in total. The van der Waals surface area contributed by atoms with E-state index in [1.165, 1.54) is 6.07 Å². The molecule has 19 heteroatoms. The molecule has 6 atom stereocenters. The van der Waals surface area contributed by atoms with Crippen LogP contribution in [-0.2, 0) is 27.3 Å². The van der Waals surface area contributed by atoms with Gasteiger partial charge in [-0.1, -0.05) is 0 Å². The number of nitrogens with zero attached hydrogens (tertiary/aromatic N) is 2. The molecule has 0 radical (unpaired) electrons. The summed E-state index contributed by atoms with van der Waals surface area (Å²) in [5, 5.41) is 20.0. The number of hydrogen-bond donors (Lipinski definition) is 5. The van der Waals surface area contributed by atoms with Crippen molar-refractivity contribution < 1.29 is 57.1 Å². The van der Waals surface area contributed by atoms with Gasteiger partial charge in [0.2, 0.25) is 0 Å². The van der Waals surface area contributed by atoms with E-state index in [1.54, 1.807) is 0 Å². The lowest BCUT2D eigenvalue weighted by Gasteiger charge is -2.31. The summed E-state index contributed by atoms with van der Waals surface area (Å²) < 4.78 is 47.4. The average Bonchev–Trinajstić information content (AvgIpc) is 2.78. The number of aromatic nitrogens is 2. The van der Waals surface area contributed by atoms with Crippen molar-refractivity contribution in [3.8, 4) is 0 Å². The van der Waals surface area contributed by atoms with Crippen LogP contribution in [0.25, 0.3) is 0 Å². The molecule has 0 bridgehead atoms. The van der Waals surface area contributed by atoms with Crippen molar-refractivity contribution in [3.63, 3.8) is 0 Å². The van der Waals surface area contributed by atoms with Gasteiger partial charge in [-0.05, 0) is 6.07 Å². The second kappa shape index (κ2) is 8.63. The fraction of sp³-hybridized carbons (Fsp3) is 0.600. The molecule has 0 saturated carbocycles. The normalized spacial score (nSPS) is 29.3. The first kappa shape index (κ1) is 24.3. The van der Waals surface area contributed by atoms with E-state index in [0.29, 0.717) is 0 Å². The highest BCUT2D eigenvalue weighted by molar-refractivity contribution is 7.72. The Morgan fingerprint density at radius 2 is 1.83 bits per heavy atom. The summed E-state index contributed by atoms with van der Waals surface area (Å²) in [6, 6.07) is 1.20. The minimum Gasteiger partial charge on any atom is -0.778 e. The summed E-state index contributed by atoms with van der Waals surface area (Å²) in [6.07, 6.45) is -5.33. The van der Waals surface area contributed by atoms with E-state index in [0.717, 1.165) is 10.8 Å². The summed E-state index contributed by atoms with van der Waals surface area (Å²) in [4.78, 5) is 55.2. The largest absolute Gasteiger partial charge is 0.778 e. The van der Waals surface area contributed by atoms with Gasteiger partial charge in [0.25, 0.3) is 0 Å². The minimum absolute atomic E-state index is 0.119. The van der Waals surface area contributed by atoms with Crippen molar-refractivity contribution >= 4 is 28.8 Å². The fourth-order valence-electron chi connectivity index (χ4n) is 2.34. The molecule has 1 aromatic heterocycles. The van der Waals surface area contributed by atoms with E-state index >= 15 is 0 Å². The van der Waals surface area contributed by atoms with E-state index in [1.807, 2.05) is 0 Å². The molecule has 2 rings (SSSR count). The number of rotatable bonds is 8. The fourth-order valence-corrected chi connectivity index (χ4v) is 6.71. The van der Waals surface area contributed by atoms with Crippen molar-refractivity contribution in [2.45, 2.75) is 24.5 Å². The van der Waals surface area contributed by atoms with Gasteiger partial charge in [-0.3, -0.25) is 4.57 Å². The third kappa shape index (κ3) is 6.76. The predicted molar refractivity (Wildman–Crippen MR) is 88.0 cm³/mol. The number of aliphatic hydroxyl groups is 2. The number of anilines is 1. The van der Waals surface area contributed by atoms with Crippen molar-refractivity contribution in [2.75, 3.05) is 18.2 Å². The smallest absolute Gasteiger partial charge is 0.474 e. The van der Waals surface area contributed by atoms with Gasteiger partial charge in [0.15, 0.2) is 13.8 Å². The standard InChI is InChI=1S/C10H18N3O13P3/c11-6-1-2-13(10(16)12-6)9-8(15)7(14)5(25-9)3-24-27(17,18)4-28(19,20)26-29(21,22)23/h1-2,5,7-9,14-15H,3-4H2,(H,17,18)(H,19,20)(H2,11,12,16)(H2,21,22,23)/p-2/t5-,7+,8?,9-/m1/s1. The quantitative estimate of drug-likeness (QED) is 0.228. The van der Waals surface area contributed by atoms with Gasteiger partial charge in [0, 0.05) is 6.20 Å². The number of hydrogen-bond acceptors (Lipinski definition) is 13. The second-order valence-corrected chi connectivity index (χ2v) is 11.3. The van der Waals surface area contributed by atoms with Crippen LogP contribution in [0.1, 0.15) is 6.23 Å². The van der Waals surface area contributed by atoms with Gasteiger partial charge in [0.05, 0.1) is 12.5 Å². The van der Waals surface area contributed by atoms with Crippen LogP contribution in [0.15, 0.2) is 17.1 Å². The van der Waals surface area contributed by atoms with Crippen molar-refractivity contribution in [3.05, 3.63) is 22.7 Å². The molecule has 0 spiro atoms. The molecule has 1 saturated heterocycles. The van der Waals surface area contributed by atoms with Crippen LogP contribution in [0.5, 0.6) is 0 Å².